The standard InChI is InChI=1S/C12H18O/c1-4-12(13-3)10(2)11-8-6-5-7-9-11/h5-10,12H,4H2,1-3H3. The van der Waals surface area contributed by atoms with Crippen molar-refractivity contribution in [2.45, 2.75) is 32.3 Å². The topological polar surface area (TPSA) is 9.23 Å². The number of ether oxygens (including phenoxy) is 1. The molecule has 0 bridgehead atoms. The smallest absolute Gasteiger partial charge is 0.0634 e. The highest BCUT2D eigenvalue weighted by Crippen LogP contribution is 2.22. The summed E-state index contributed by atoms with van der Waals surface area (Å²) in [5, 5.41) is 0. The molecule has 0 aliphatic heterocycles. The summed E-state index contributed by atoms with van der Waals surface area (Å²) in [6.45, 7) is 4.38. The van der Waals surface area contributed by atoms with Gasteiger partial charge in [0, 0.05) is 13.0 Å². The van der Waals surface area contributed by atoms with Gasteiger partial charge in [0.25, 0.3) is 0 Å². The van der Waals surface area contributed by atoms with E-state index < -0.39 is 0 Å². The van der Waals surface area contributed by atoms with Gasteiger partial charge in [-0.2, -0.15) is 0 Å². The molecule has 72 valence electrons. The number of benzene rings is 1. The van der Waals surface area contributed by atoms with Crippen molar-refractivity contribution in [3.05, 3.63) is 35.9 Å². The van der Waals surface area contributed by atoms with Gasteiger partial charge < -0.3 is 4.74 Å². The van der Waals surface area contributed by atoms with Crippen molar-refractivity contribution in [1.29, 1.82) is 0 Å². The van der Waals surface area contributed by atoms with Crippen LogP contribution >= 0.6 is 0 Å². The van der Waals surface area contributed by atoms with Crippen molar-refractivity contribution in [1.82, 2.24) is 0 Å². The van der Waals surface area contributed by atoms with Gasteiger partial charge in [0.15, 0.2) is 0 Å². The van der Waals surface area contributed by atoms with Crippen LogP contribution < -0.4 is 0 Å². The fourth-order valence-electron chi connectivity index (χ4n) is 1.70. The average Bonchev–Trinajstić information content (AvgIpc) is 2.21. The van der Waals surface area contributed by atoms with Gasteiger partial charge in [0.1, 0.15) is 0 Å². The summed E-state index contributed by atoms with van der Waals surface area (Å²) in [6.07, 6.45) is 1.40. The molecule has 0 aliphatic rings. The molecule has 0 aliphatic carbocycles. The maximum atomic E-state index is 5.42. The lowest BCUT2D eigenvalue weighted by Crippen LogP contribution is -2.17. The van der Waals surface area contributed by atoms with E-state index in [2.05, 4.69) is 38.1 Å². The Morgan fingerprint density at radius 1 is 1.23 bits per heavy atom. The van der Waals surface area contributed by atoms with Crippen molar-refractivity contribution in [2.24, 2.45) is 0 Å². The lowest BCUT2D eigenvalue weighted by molar-refractivity contribution is 0.0805. The molecule has 0 spiro atoms. The van der Waals surface area contributed by atoms with Crippen LogP contribution in [-0.2, 0) is 4.74 Å². The van der Waals surface area contributed by atoms with Crippen molar-refractivity contribution in [3.63, 3.8) is 0 Å². The first kappa shape index (κ1) is 10.3. The van der Waals surface area contributed by atoms with Crippen LogP contribution in [0.4, 0.5) is 0 Å². The Bertz CT molecular complexity index is 226. The van der Waals surface area contributed by atoms with Crippen LogP contribution in [0.15, 0.2) is 30.3 Å². The van der Waals surface area contributed by atoms with Crippen molar-refractivity contribution in [3.8, 4) is 0 Å². The monoisotopic (exact) mass is 178 g/mol. The fraction of sp³-hybridized carbons (Fsp3) is 0.500. The third-order valence-corrected chi connectivity index (χ3v) is 2.59. The van der Waals surface area contributed by atoms with Crippen LogP contribution in [0.2, 0.25) is 0 Å². The summed E-state index contributed by atoms with van der Waals surface area (Å²) in [5.41, 5.74) is 1.36. The van der Waals surface area contributed by atoms with Gasteiger partial charge in [0.2, 0.25) is 0 Å². The molecule has 1 aromatic rings. The minimum Gasteiger partial charge on any atom is -0.381 e. The van der Waals surface area contributed by atoms with Crippen LogP contribution in [-0.4, -0.2) is 13.2 Å². The predicted octanol–water partition coefficient (Wildman–Crippen LogP) is 3.22. The first-order valence-electron chi connectivity index (χ1n) is 4.87. The van der Waals surface area contributed by atoms with Gasteiger partial charge in [0.05, 0.1) is 6.10 Å². The molecule has 0 aromatic heterocycles. The first-order chi connectivity index (χ1) is 6.29. The molecule has 0 heterocycles. The second kappa shape index (κ2) is 5.03. The van der Waals surface area contributed by atoms with Gasteiger partial charge in [-0.25, -0.2) is 0 Å². The van der Waals surface area contributed by atoms with Crippen molar-refractivity contribution in [2.75, 3.05) is 7.11 Å². The first-order valence-corrected chi connectivity index (χ1v) is 4.87. The van der Waals surface area contributed by atoms with E-state index in [-0.39, 0.29) is 0 Å². The second-order valence-corrected chi connectivity index (χ2v) is 3.38. The lowest BCUT2D eigenvalue weighted by atomic mass is 9.94. The zero-order chi connectivity index (χ0) is 9.68. The van der Waals surface area contributed by atoms with E-state index in [0.29, 0.717) is 12.0 Å². The minimum atomic E-state index is 0.336. The van der Waals surface area contributed by atoms with Crippen LogP contribution in [0, 0.1) is 0 Å². The summed E-state index contributed by atoms with van der Waals surface area (Å²) in [6, 6.07) is 10.5. The summed E-state index contributed by atoms with van der Waals surface area (Å²) in [4.78, 5) is 0. The summed E-state index contributed by atoms with van der Waals surface area (Å²) < 4.78 is 5.42. The highest BCUT2D eigenvalue weighted by atomic mass is 16.5. The quantitative estimate of drug-likeness (QED) is 0.688. The third kappa shape index (κ3) is 2.56. The summed E-state index contributed by atoms with van der Waals surface area (Å²) >= 11 is 0. The van der Waals surface area contributed by atoms with Gasteiger partial charge in [-0.15, -0.1) is 0 Å². The van der Waals surface area contributed by atoms with Gasteiger partial charge in [-0.3, -0.25) is 0 Å². The molecule has 0 N–H and O–H groups in total. The zero-order valence-corrected chi connectivity index (χ0v) is 8.66. The Labute approximate surface area is 80.7 Å². The normalized spacial score (nSPS) is 15.3. The van der Waals surface area contributed by atoms with E-state index in [4.69, 9.17) is 4.74 Å². The maximum absolute atomic E-state index is 5.42. The lowest BCUT2D eigenvalue weighted by Gasteiger charge is -2.21. The molecule has 2 unspecified atom stereocenters. The van der Waals surface area contributed by atoms with Crippen molar-refractivity contribution >= 4 is 0 Å². The summed E-state index contributed by atoms with van der Waals surface area (Å²) in [5.74, 6) is 0.483. The molecule has 0 fully saturated rings. The van der Waals surface area contributed by atoms with Crippen LogP contribution in [0.25, 0.3) is 0 Å². The number of rotatable bonds is 4. The Hall–Kier alpha value is -0.820. The average molecular weight is 178 g/mol. The van der Waals surface area contributed by atoms with Crippen LogP contribution in [0.1, 0.15) is 31.7 Å². The molecule has 0 radical (unpaired) electrons. The van der Waals surface area contributed by atoms with Crippen LogP contribution in [0.3, 0.4) is 0 Å². The maximum Gasteiger partial charge on any atom is 0.0634 e. The SMILES string of the molecule is CCC(OC)C(C)c1ccccc1. The van der Waals surface area contributed by atoms with Crippen molar-refractivity contribution < 1.29 is 4.74 Å². The predicted molar refractivity (Wildman–Crippen MR) is 55.9 cm³/mol. The number of methoxy groups -OCH3 is 1. The summed E-state index contributed by atoms with van der Waals surface area (Å²) in [7, 11) is 1.79. The molecule has 0 saturated heterocycles. The molecule has 1 nitrogen and oxygen atoms in total. The zero-order valence-electron chi connectivity index (χ0n) is 8.66. The molecular weight excluding hydrogens is 160 g/mol. The Morgan fingerprint density at radius 3 is 2.31 bits per heavy atom. The largest absolute Gasteiger partial charge is 0.381 e. The van der Waals surface area contributed by atoms with E-state index in [0.717, 1.165) is 6.42 Å². The van der Waals surface area contributed by atoms with E-state index in [9.17, 15) is 0 Å². The molecule has 13 heavy (non-hydrogen) atoms. The van der Waals surface area contributed by atoms with E-state index in [1.165, 1.54) is 5.56 Å². The van der Waals surface area contributed by atoms with Gasteiger partial charge in [-0.05, 0) is 12.0 Å². The number of hydrogen-bond donors (Lipinski definition) is 0. The Morgan fingerprint density at radius 2 is 1.85 bits per heavy atom. The number of hydrogen-bond acceptors (Lipinski definition) is 1. The Balaban J connectivity index is 2.72. The van der Waals surface area contributed by atoms with E-state index >= 15 is 0 Å². The minimum absolute atomic E-state index is 0.336. The molecule has 0 amide bonds. The van der Waals surface area contributed by atoms with Gasteiger partial charge in [-0.1, -0.05) is 44.2 Å². The van der Waals surface area contributed by atoms with E-state index in [1.54, 1.807) is 7.11 Å². The highest BCUT2D eigenvalue weighted by molar-refractivity contribution is 5.19. The molecule has 1 rings (SSSR count). The fourth-order valence-corrected chi connectivity index (χ4v) is 1.70. The highest BCUT2D eigenvalue weighted by Gasteiger charge is 2.15. The van der Waals surface area contributed by atoms with E-state index in [1.807, 2.05) is 6.07 Å². The molecule has 1 aromatic carbocycles. The Kier molecular flexibility index (Phi) is 3.97. The third-order valence-electron chi connectivity index (χ3n) is 2.59. The van der Waals surface area contributed by atoms with Crippen LogP contribution in [0.5, 0.6) is 0 Å². The molecule has 0 saturated carbocycles. The molecule has 1 heteroatoms. The molecular formula is C12H18O. The van der Waals surface area contributed by atoms with Gasteiger partial charge >= 0.3 is 0 Å². The molecule has 2 atom stereocenters. The second-order valence-electron chi connectivity index (χ2n) is 3.38.